The highest BCUT2D eigenvalue weighted by Gasteiger charge is 2.24. The van der Waals surface area contributed by atoms with E-state index in [1.165, 1.54) is 6.08 Å². The lowest BCUT2D eigenvalue weighted by Gasteiger charge is -2.13. The van der Waals surface area contributed by atoms with Crippen LogP contribution in [0.5, 0.6) is 0 Å². The minimum Gasteiger partial charge on any atom is -0.347 e. The fourth-order valence-corrected chi connectivity index (χ4v) is 2.38. The van der Waals surface area contributed by atoms with Crippen LogP contribution in [0.25, 0.3) is 0 Å². The molecule has 2 atom stereocenters. The van der Waals surface area contributed by atoms with Gasteiger partial charge in [-0.3, -0.25) is 4.79 Å². The van der Waals surface area contributed by atoms with Gasteiger partial charge in [0.1, 0.15) is 0 Å². The maximum atomic E-state index is 11.3. The average Bonchev–Trinajstić information content (AvgIpc) is 2.44. The number of amides is 1. The number of nitrogens with one attached hydrogen (secondary N) is 1. The molecule has 0 saturated carbocycles. The fraction of sp³-hybridized carbons (Fsp3) is 0.625. The molecule has 0 radical (unpaired) electrons. The third kappa shape index (κ3) is 2.81. The smallest absolute Gasteiger partial charge is 0.237 e. The molecule has 3 N–H and O–H groups in total. The number of carbonyl (C=O) groups is 1. The van der Waals surface area contributed by atoms with Crippen LogP contribution in [0.2, 0.25) is 0 Å². The lowest BCUT2D eigenvalue weighted by Crippen LogP contribution is -2.45. The summed E-state index contributed by atoms with van der Waals surface area (Å²) < 4.78 is 22.0. The molecule has 80 valence electrons. The molecule has 0 aliphatic carbocycles. The molecule has 1 aliphatic heterocycles. The summed E-state index contributed by atoms with van der Waals surface area (Å²) in [5.41, 5.74) is 5.48. The van der Waals surface area contributed by atoms with Crippen LogP contribution in [0.3, 0.4) is 0 Å². The summed E-state index contributed by atoms with van der Waals surface area (Å²) in [6, 6.07) is -0.989. The van der Waals surface area contributed by atoms with Gasteiger partial charge in [-0.25, -0.2) is 8.42 Å². The molecule has 0 bridgehead atoms. The zero-order chi connectivity index (χ0) is 10.8. The van der Waals surface area contributed by atoms with E-state index >= 15 is 0 Å². The molecule has 1 rings (SSSR count). The lowest BCUT2D eigenvalue weighted by atomic mass is 10.2. The van der Waals surface area contributed by atoms with Crippen LogP contribution in [0, 0.1) is 0 Å². The highest BCUT2D eigenvalue weighted by Crippen LogP contribution is 2.07. The van der Waals surface area contributed by atoms with Crippen LogP contribution in [-0.4, -0.2) is 32.2 Å². The standard InChI is InChI=1S/C8H14N2O3S/c1-2-7(9)8(11)10-6-3-4-14(12,13)5-6/h3-4,6-7H,2,5,9H2,1H3,(H,10,11)/t6?,7-/m0/s1. The van der Waals surface area contributed by atoms with Gasteiger partial charge in [0, 0.05) is 5.41 Å². The van der Waals surface area contributed by atoms with Crippen molar-refractivity contribution in [3.05, 3.63) is 11.5 Å². The van der Waals surface area contributed by atoms with E-state index in [0.717, 1.165) is 5.41 Å². The molecule has 0 aromatic carbocycles. The molecule has 5 nitrogen and oxygen atoms in total. The van der Waals surface area contributed by atoms with Gasteiger partial charge >= 0.3 is 0 Å². The van der Waals surface area contributed by atoms with E-state index in [1.54, 1.807) is 6.92 Å². The van der Waals surface area contributed by atoms with E-state index in [0.29, 0.717) is 6.42 Å². The van der Waals surface area contributed by atoms with E-state index in [2.05, 4.69) is 5.32 Å². The van der Waals surface area contributed by atoms with Gasteiger partial charge in [-0.15, -0.1) is 0 Å². The number of nitrogens with two attached hydrogens (primary N) is 1. The van der Waals surface area contributed by atoms with Crippen LogP contribution in [0.15, 0.2) is 11.5 Å². The Morgan fingerprint density at radius 2 is 2.36 bits per heavy atom. The van der Waals surface area contributed by atoms with Gasteiger partial charge in [0.2, 0.25) is 5.91 Å². The van der Waals surface area contributed by atoms with E-state index in [1.807, 2.05) is 0 Å². The lowest BCUT2D eigenvalue weighted by molar-refractivity contribution is -0.122. The number of hydrogen-bond acceptors (Lipinski definition) is 4. The molecular formula is C8H14N2O3S. The molecule has 6 heteroatoms. The minimum absolute atomic E-state index is 0.0603. The molecule has 0 aromatic heterocycles. The first kappa shape index (κ1) is 11.2. The SMILES string of the molecule is CC[C@H](N)C(=O)NC1C=CS(=O)(=O)C1. The Hall–Kier alpha value is -0.880. The van der Waals surface area contributed by atoms with Crippen molar-refractivity contribution in [2.75, 3.05) is 5.75 Å². The predicted molar refractivity (Wildman–Crippen MR) is 53.1 cm³/mol. The van der Waals surface area contributed by atoms with Crippen molar-refractivity contribution in [1.29, 1.82) is 0 Å². The number of carbonyl (C=O) groups excluding carboxylic acids is 1. The highest BCUT2D eigenvalue weighted by atomic mass is 32.2. The normalized spacial score (nSPS) is 26.0. The monoisotopic (exact) mass is 218 g/mol. The second kappa shape index (κ2) is 4.10. The summed E-state index contributed by atoms with van der Waals surface area (Å²) in [4.78, 5) is 11.3. The van der Waals surface area contributed by atoms with E-state index in [4.69, 9.17) is 5.73 Å². The van der Waals surface area contributed by atoms with Crippen molar-refractivity contribution < 1.29 is 13.2 Å². The molecule has 1 aliphatic rings. The Balaban J connectivity index is 2.49. The van der Waals surface area contributed by atoms with Crippen LogP contribution in [0.1, 0.15) is 13.3 Å². The predicted octanol–water partition coefficient (Wildman–Crippen LogP) is -0.849. The van der Waals surface area contributed by atoms with Gasteiger partial charge in [-0.1, -0.05) is 6.92 Å². The van der Waals surface area contributed by atoms with E-state index < -0.39 is 21.9 Å². The van der Waals surface area contributed by atoms with Crippen molar-refractivity contribution in [2.24, 2.45) is 5.73 Å². The molecule has 0 saturated heterocycles. The van der Waals surface area contributed by atoms with Gasteiger partial charge < -0.3 is 11.1 Å². The molecule has 1 amide bonds. The fourth-order valence-electron chi connectivity index (χ4n) is 1.14. The molecular weight excluding hydrogens is 204 g/mol. The first-order valence-corrected chi connectivity index (χ1v) is 6.13. The van der Waals surface area contributed by atoms with Crippen molar-refractivity contribution >= 4 is 15.7 Å². The summed E-state index contributed by atoms with van der Waals surface area (Å²) in [7, 11) is -3.11. The molecule has 1 heterocycles. The quantitative estimate of drug-likeness (QED) is 0.645. The summed E-state index contributed by atoms with van der Waals surface area (Å²) in [5.74, 6) is -0.367. The summed E-state index contributed by atoms with van der Waals surface area (Å²) in [6.07, 6.45) is 2.00. The largest absolute Gasteiger partial charge is 0.347 e. The maximum Gasteiger partial charge on any atom is 0.237 e. The zero-order valence-corrected chi connectivity index (χ0v) is 8.75. The zero-order valence-electron chi connectivity index (χ0n) is 7.93. The first-order valence-electron chi connectivity index (χ1n) is 4.41. The third-order valence-corrected chi connectivity index (χ3v) is 3.43. The molecule has 1 unspecified atom stereocenters. The van der Waals surface area contributed by atoms with Gasteiger partial charge in [-0.2, -0.15) is 0 Å². The first-order chi connectivity index (χ1) is 6.44. The van der Waals surface area contributed by atoms with Crippen molar-refractivity contribution in [3.8, 4) is 0 Å². The summed E-state index contributed by atoms with van der Waals surface area (Å²) in [5, 5.41) is 3.68. The van der Waals surface area contributed by atoms with Crippen LogP contribution in [0.4, 0.5) is 0 Å². The van der Waals surface area contributed by atoms with Crippen molar-refractivity contribution in [2.45, 2.75) is 25.4 Å². The number of hydrogen-bond donors (Lipinski definition) is 2. The summed E-state index contributed by atoms with van der Waals surface area (Å²) in [6.45, 7) is 1.80. The second-order valence-electron chi connectivity index (χ2n) is 3.29. The Morgan fingerprint density at radius 1 is 1.71 bits per heavy atom. The van der Waals surface area contributed by atoms with E-state index in [9.17, 15) is 13.2 Å². The number of rotatable bonds is 3. The molecule has 0 spiro atoms. The van der Waals surface area contributed by atoms with Gasteiger partial charge in [0.05, 0.1) is 17.8 Å². The minimum atomic E-state index is -3.11. The molecule has 14 heavy (non-hydrogen) atoms. The van der Waals surface area contributed by atoms with Crippen LogP contribution >= 0.6 is 0 Å². The second-order valence-corrected chi connectivity index (χ2v) is 5.22. The Labute approximate surface area is 83.3 Å². The van der Waals surface area contributed by atoms with Crippen LogP contribution < -0.4 is 11.1 Å². The Bertz CT molecular complexity index is 348. The van der Waals surface area contributed by atoms with Crippen molar-refractivity contribution in [1.82, 2.24) is 5.32 Å². The van der Waals surface area contributed by atoms with Gasteiger partial charge in [0.15, 0.2) is 9.84 Å². The number of sulfone groups is 1. The summed E-state index contributed by atoms with van der Waals surface area (Å²) >= 11 is 0. The van der Waals surface area contributed by atoms with Gasteiger partial charge in [-0.05, 0) is 12.5 Å². The van der Waals surface area contributed by atoms with E-state index in [-0.39, 0.29) is 11.7 Å². The molecule has 0 aromatic rings. The molecule has 0 fully saturated rings. The highest BCUT2D eigenvalue weighted by molar-refractivity contribution is 7.94. The van der Waals surface area contributed by atoms with Crippen LogP contribution in [-0.2, 0) is 14.6 Å². The Kier molecular flexibility index (Phi) is 3.28. The Morgan fingerprint density at radius 3 is 2.79 bits per heavy atom. The maximum absolute atomic E-state index is 11.3. The third-order valence-electron chi connectivity index (χ3n) is 2.03. The average molecular weight is 218 g/mol. The van der Waals surface area contributed by atoms with Gasteiger partial charge in [0.25, 0.3) is 0 Å². The topological polar surface area (TPSA) is 89.3 Å². The van der Waals surface area contributed by atoms with Crippen molar-refractivity contribution in [3.63, 3.8) is 0 Å².